The summed E-state index contributed by atoms with van der Waals surface area (Å²) < 4.78 is 26.8. The lowest BCUT2D eigenvalue weighted by Gasteiger charge is -2.26. The Kier molecular flexibility index (Phi) is 6.21. The van der Waals surface area contributed by atoms with Gasteiger partial charge in [-0.05, 0) is 50.2 Å². The smallest absolute Gasteiger partial charge is 0.243 e. The van der Waals surface area contributed by atoms with Gasteiger partial charge in [0.25, 0.3) is 0 Å². The number of nitrogens with zero attached hydrogens (tertiary/aromatic N) is 1. The zero-order valence-electron chi connectivity index (χ0n) is 14.4. The maximum Gasteiger partial charge on any atom is 0.243 e. The first kappa shape index (κ1) is 19.4. The predicted molar refractivity (Wildman–Crippen MR) is 100 cm³/mol. The molecule has 0 saturated carbocycles. The number of anilines is 1. The molecular formula is C18H21ClN2O3S. The Hall–Kier alpha value is -1.89. The second kappa shape index (κ2) is 7.99. The fraction of sp³-hybridized carbons (Fsp3) is 0.278. The summed E-state index contributed by atoms with van der Waals surface area (Å²) in [5.41, 5.74) is 1.70. The van der Waals surface area contributed by atoms with Crippen molar-refractivity contribution in [1.82, 2.24) is 4.31 Å². The Morgan fingerprint density at radius 2 is 1.68 bits per heavy atom. The average Bonchev–Trinajstić information content (AvgIpc) is 2.57. The normalized spacial score (nSPS) is 12.8. The van der Waals surface area contributed by atoms with Crippen LogP contribution in [0.25, 0.3) is 0 Å². The summed E-state index contributed by atoms with van der Waals surface area (Å²) in [5, 5.41) is 3.20. The van der Waals surface area contributed by atoms with E-state index in [1.54, 1.807) is 26.0 Å². The van der Waals surface area contributed by atoms with E-state index in [1.807, 2.05) is 19.1 Å². The summed E-state index contributed by atoms with van der Waals surface area (Å²) in [4.78, 5) is 12.6. The third-order valence-electron chi connectivity index (χ3n) is 3.86. The molecule has 1 atom stereocenters. The molecule has 2 aromatic rings. The molecule has 1 N–H and O–H groups in total. The summed E-state index contributed by atoms with van der Waals surface area (Å²) in [6.45, 7) is 5.39. The first-order valence-electron chi connectivity index (χ1n) is 7.90. The molecule has 2 rings (SSSR count). The van der Waals surface area contributed by atoms with Crippen LogP contribution in [0.15, 0.2) is 53.4 Å². The van der Waals surface area contributed by atoms with Crippen molar-refractivity contribution < 1.29 is 13.2 Å². The van der Waals surface area contributed by atoms with E-state index in [-0.39, 0.29) is 17.3 Å². The molecule has 0 aliphatic carbocycles. The topological polar surface area (TPSA) is 66.5 Å². The molecule has 134 valence electrons. The highest BCUT2D eigenvalue weighted by molar-refractivity contribution is 7.89. The van der Waals surface area contributed by atoms with Gasteiger partial charge in [-0.25, -0.2) is 8.42 Å². The second-order valence-corrected chi connectivity index (χ2v) is 8.02. The lowest BCUT2D eigenvalue weighted by atomic mass is 10.2. The van der Waals surface area contributed by atoms with Crippen molar-refractivity contribution in [3.8, 4) is 0 Å². The van der Waals surface area contributed by atoms with Crippen LogP contribution < -0.4 is 5.32 Å². The highest BCUT2D eigenvalue weighted by Gasteiger charge is 2.31. The van der Waals surface area contributed by atoms with Crippen LogP contribution in [0.2, 0.25) is 5.02 Å². The number of hydrogen-bond acceptors (Lipinski definition) is 3. The minimum atomic E-state index is -3.80. The SMILES string of the molecule is CCN([C@H](C)C(=O)Nc1ccc(C)cc1)S(=O)(=O)c1ccc(Cl)cc1. The summed E-state index contributed by atoms with van der Waals surface area (Å²) in [5.74, 6) is -0.386. The van der Waals surface area contributed by atoms with Gasteiger partial charge in [-0.2, -0.15) is 4.31 Å². The van der Waals surface area contributed by atoms with Gasteiger partial charge in [-0.3, -0.25) is 4.79 Å². The van der Waals surface area contributed by atoms with Gasteiger partial charge in [0, 0.05) is 17.3 Å². The van der Waals surface area contributed by atoms with E-state index in [4.69, 9.17) is 11.6 Å². The van der Waals surface area contributed by atoms with Gasteiger partial charge in [0.2, 0.25) is 15.9 Å². The van der Waals surface area contributed by atoms with Gasteiger partial charge in [0.15, 0.2) is 0 Å². The van der Waals surface area contributed by atoms with E-state index >= 15 is 0 Å². The van der Waals surface area contributed by atoms with Gasteiger partial charge >= 0.3 is 0 Å². The molecule has 7 heteroatoms. The number of sulfonamides is 1. The fourth-order valence-corrected chi connectivity index (χ4v) is 4.14. The molecule has 0 spiro atoms. The minimum absolute atomic E-state index is 0.105. The number of halogens is 1. The van der Waals surface area contributed by atoms with Crippen LogP contribution >= 0.6 is 11.6 Å². The fourth-order valence-electron chi connectivity index (χ4n) is 2.41. The van der Waals surface area contributed by atoms with Crippen LogP contribution in [-0.2, 0) is 14.8 Å². The average molecular weight is 381 g/mol. The van der Waals surface area contributed by atoms with Crippen LogP contribution in [0.5, 0.6) is 0 Å². The minimum Gasteiger partial charge on any atom is -0.325 e. The molecule has 0 aromatic heterocycles. The standard InChI is InChI=1S/C18H21ClN2O3S/c1-4-21(25(23,24)17-11-7-15(19)8-12-17)14(3)18(22)20-16-9-5-13(2)6-10-16/h5-12,14H,4H2,1-3H3,(H,20,22)/t14-/m1/s1. The number of carbonyl (C=O) groups excluding carboxylic acids is 1. The summed E-state index contributed by atoms with van der Waals surface area (Å²) in [6, 6.07) is 12.4. The number of nitrogens with one attached hydrogen (secondary N) is 1. The van der Waals surface area contributed by atoms with E-state index < -0.39 is 16.1 Å². The van der Waals surface area contributed by atoms with E-state index in [2.05, 4.69) is 5.32 Å². The van der Waals surface area contributed by atoms with E-state index in [1.165, 1.54) is 28.6 Å². The Labute approximate surface area is 153 Å². The highest BCUT2D eigenvalue weighted by Crippen LogP contribution is 2.21. The lowest BCUT2D eigenvalue weighted by Crippen LogP contribution is -2.45. The lowest BCUT2D eigenvalue weighted by molar-refractivity contribution is -0.119. The second-order valence-electron chi connectivity index (χ2n) is 5.69. The maximum absolute atomic E-state index is 12.8. The van der Waals surface area contributed by atoms with Gasteiger partial charge < -0.3 is 5.32 Å². The van der Waals surface area contributed by atoms with Gasteiger partial charge in [-0.1, -0.05) is 36.2 Å². The summed E-state index contributed by atoms with van der Waals surface area (Å²) in [7, 11) is -3.80. The first-order valence-corrected chi connectivity index (χ1v) is 9.72. The number of benzene rings is 2. The number of rotatable bonds is 6. The molecule has 0 aliphatic heterocycles. The van der Waals surface area contributed by atoms with Crippen molar-refractivity contribution in [2.45, 2.75) is 31.7 Å². The molecule has 0 radical (unpaired) electrons. The molecule has 0 heterocycles. The number of hydrogen-bond donors (Lipinski definition) is 1. The third kappa shape index (κ3) is 4.60. The van der Waals surface area contributed by atoms with Crippen molar-refractivity contribution in [2.75, 3.05) is 11.9 Å². The van der Waals surface area contributed by atoms with Gasteiger partial charge in [0.1, 0.15) is 6.04 Å². The zero-order valence-corrected chi connectivity index (χ0v) is 15.9. The van der Waals surface area contributed by atoms with Crippen LogP contribution in [0, 0.1) is 6.92 Å². The third-order valence-corrected chi connectivity index (χ3v) is 6.17. The molecular weight excluding hydrogens is 360 g/mol. The van der Waals surface area contributed by atoms with Crippen LogP contribution in [0.3, 0.4) is 0 Å². The molecule has 5 nitrogen and oxygen atoms in total. The Morgan fingerprint density at radius 3 is 2.20 bits per heavy atom. The molecule has 2 aromatic carbocycles. The molecule has 0 bridgehead atoms. The van der Waals surface area contributed by atoms with E-state index in [9.17, 15) is 13.2 Å². The molecule has 0 saturated heterocycles. The maximum atomic E-state index is 12.8. The number of carbonyl (C=O) groups is 1. The Morgan fingerprint density at radius 1 is 1.12 bits per heavy atom. The zero-order chi connectivity index (χ0) is 18.6. The van der Waals surface area contributed by atoms with Crippen LogP contribution in [0.1, 0.15) is 19.4 Å². The number of amides is 1. The van der Waals surface area contributed by atoms with Crippen LogP contribution in [-0.4, -0.2) is 31.2 Å². The van der Waals surface area contributed by atoms with E-state index in [0.717, 1.165) is 5.56 Å². The predicted octanol–water partition coefficient (Wildman–Crippen LogP) is 3.69. The largest absolute Gasteiger partial charge is 0.325 e. The Balaban J connectivity index is 2.21. The molecule has 1 amide bonds. The Bertz CT molecular complexity index is 834. The number of likely N-dealkylation sites (N-methyl/N-ethyl adjacent to an activating group) is 1. The molecule has 25 heavy (non-hydrogen) atoms. The van der Waals surface area contributed by atoms with Crippen molar-refractivity contribution in [2.24, 2.45) is 0 Å². The quantitative estimate of drug-likeness (QED) is 0.831. The van der Waals surface area contributed by atoms with Crippen molar-refractivity contribution in [3.05, 3.63) is 59.1 Å². The monoisotopic (exact) mass is 380 g/mol. The highest BCUT2D eigenvalue weighted by atomic mass is 35.5. The van der Waals surface area contributed by atoms with Crippen molar-refractivity contribution >= 4 is 33.2 Å². The van der Waals surface area contributed by atoms with E-state index in [0.29, 0.717) is 10.7 Å². The van der Waals surface area contributed by atoms with Crippen LogP contribution in [0.4, 0.5) is 5.69 Å². The molecule has 0 fully saturated rings. The van der Waals surface area contributed by atoms with Crippen molar-refractivity contribution in [1.29, 1.82) is 0 Å². The molecule has 0 unspecified atom stereocenters. The first-order chi connectivity index (χ1) is 11.8. The van der Waals surface area contributed by atoms with Crippen molar-refractivity contribution in [3.63, 3.8) is 0 Å². The molecule has 0 aliphatic rings. The van der Waals surface area contributed by atoms with Gasteiger partial charge in [-0.15, -0.1) is 0 Å². The van der Waals surface area contributed by atoms with Gasteiger partial charge in [0.05, 0.1) is 4.90 Å². The number of aryl methyl sites for hydroxylation is 1. The summed E-state index contributed by atoms with van der Waals surface area (Å²) in [6.07, 6.45) is 0. The summed E-state index contributed by atoms with van der Waals surface area (Å²) >= 11 is 5.82.